The molecule has 13 heteroatoms. The summed E-state index contributed by atoms with van der Waals surface area (Å²) >= 11 is 0. The molecule has 3 N–H and O–H groups in total. The first-order chi connectivity index (χ1) is 25.0. The van der Waals surface area contributed by atoms with Gasteiger partial charge in [0.2, 0.25) is 0 Å². The van der Waals surface area contributed by atoms with Crippen molar-refractivity contribution in [1.82, 2.24) is 39.5 Å². The van der Waals surface area contributed by atoms with Crippen molar-refractivity contribution in [2.45, 2.75) is 64.5 Å². The molecule has 274 valence electrons. The van der Waals surface area contributed by atoms with Crippen LogP contribution in [0.5, 0.6) is 5.75 Å². The number of amides is 2. The number of nitrogens with zero attached hydrogens (tertiary/aromatic N) is 7. The smallest absolute Gasteiger partial charge is 0.320 e. The van der Waals surface area contributed by atoms with Crippen molar-refractivity contribution in [1.29, 1.82) is 0 Å². The summed E-state index contributed by atoms with van der Waals surface area (Å²) in [4.78, 5) is 26.8. The number of hydrogen-bond acceptors (Lipinski definition) is 8. The molecule has 0 spiro atoms. The Morgan fingerprint density at radius 1 is 0.981 bits per heavy atom. The van der Waals surface area contributed by atoms with Crippen molar-refractivity contribution in [2.24, 2.45) is 0 Å². The van der Waals surface area contributed by atoms with Gasteiger partial charge in [0.15, 0.2) is 5.65 Å². The number of rotatable bonds is 8. The molecule has 5 aromatic rings. The van der Waals surface area contributed by atoms with Gasteiger partial charge in [-0.2, -0.15) is 5.10 Å². The monoisotopic (exact) mass is 707 g/mol. The first-order valence-electron chi connectivity index (χ1n) is 17.9. The number of nitrogens with one attached hydrogen (secondary N) is 2. The van der Waals surface area contributed by atoms with Crippen LogP contribution in [0.3, 0.4) is 0 Å². The van der Waals surface area contributed by atoms with Crippen molar-refractivity contribution in [3.63, 3.8) is 0 Å². The van der Waals surface area contributed by atoms with E-state index in [4.69, 9.17) is 19.7 Å². The van der Waals surface area contributed by atoms with Gasteiger partial charge in [0.05, 0.1) is 23.6 Å². The molecule has 1 fully saturated rings. The van der Waals surface area contributed by atoms with Crippen LogP contribution in [0.2, 0.25) is 0 Å². The molecule has 7 rings (SSSR count). The quantitative estimate of drug-likeness (QED) is 0.171. The van der Waals surface area contributed by atoms with Gasteiger partial charge >= 0.3 is 6.03 Å². The molecule has 13 nitrogen and oxygen atoms in total. The van der Waals surface area contributed by atoms with E-state index in [-0.39, 0.29) is 30.1 Å². The largest absolute Gasteiger partial charge is 0.484 e. The molecule has 0 bridgehead atoms. The summed E-state index contributed by atoms with van der Waals surface area (Å²) in [6.07, 6.45) is 4.20. The Kier molecular flexibility index (Phi) is 11.2. The predicted octanol–water partition coefficient (Wildman–Crippen LogP) is 5.79. The van der Waals surface area contributed by atoms with Gasteiger partial charge in [0.1, 0.15) is 23.5 Å². The van der Waals surface area contributed by atoms with Gasteiger partial charge < -0.3 is 25.0 Å². The summed E-state index contributed by atoms with van der Waals surface area (Å²) in [5.41, 5.74) is 5.75. The number of anilines is 1. The Morgan fingerprint density at radius 2 is 1.69 bits per heavy atom. The number of hydrogen-bond donors (Lipinski definition) is 3. The van der Waals surface area contributed by atoms with Crippen LogP contribution < -0.4 is 15.4 Å². The van der Waals surface area contributed by atoms with Gasteiger partial charge in [-0.1, -0.05) is 62.7 Å². The molecule has 2 aliphatic rings. The Bertz CT molecular complexity index is 1970. The summed E-state index contributed by atoms with van der Waals surface area (Å²) in [5.74, 6) is 2.34. The zero-order chi connectivity index (χ0) is 36.8. The second kappa shape index (κ2) is 16.0. The van der Waals surface area contributed by atoms with E-state index >= 15 is 0 Å². The highest BCUT2D eigenvalue weighted by atomic mass is 16.5. The normalized spacial score (nSPS) is 17.9. The molecule has 0 saturated carbocycles. The van der Waals surface area contributed by atoms with E-state index in [0.717, 1.165) is 91.7 Å². The molecule has 52 heavy (non-hydrogen) atoms. The molecule has 3 aromatic heterocycles. The predicted molar refractivity (Wildman–Crippen MR) is 200 cm³/mol. The van der Waals surface area contributed by atoms with Gasteiger partial charge in [-0.15, -0.1) is 10.2 Å². The number of likely N-dealkylation sites (N-methyl/N-ethyl adjacent to an activating group) is 1. The third-order valence-electron chi connectivity index (χ3n) is 9.71. The number of benzene rings is 2. The third-order valence-corrected chi connectivity index (χ3v) is 9.71. The van der Waals surface area contributed by atoms with Crippen LogP contribution >= 0.6 is 0 Å². The van der Waals surface area contributed by atoms with Crippen LogP contribution in [0.4, 0.5) is 10.6 Å². The second-order valence-corrected chi connectivity index (χ2v) is 14.6. The summed E-state index contributed by atoms with van der Waals surface area (Å²) < 4.78 is 10.5. The summed E-state index contributed by atoms with van der Waals surface area (Å²) in [5, 5.41) is 27.0. The van der Waals surface area contributed by atoms with Gasteiger partial charge in [-0.05, 0) is 62.2 Å². The van der Waals surface area contributed by atoms with E-state index in [1.807, 2.05) is 65.5 Å². The Hall–Kier alpha value is -5.27. The van der Waals surface area contributed by atoms with Crippen LogP contribution in [0.1, 0.15) is 74.0 Å². The average molecular weight is 708 g/mol. The van der Waals surface area contributed by atoms with Crippen LogP contribution in [0.15, 0.2) is 72.9 Å². The van der Waals surface area contributed by atoms with E-state index in [1.165, 1.54) is 5.56 Å². The second-order valence-electron chi connectivity index (χ2n) is 14.6. The maximum atomic E-state index is 13.5. The highest BCUT2D eigenvalue weighted by molar-refractivity contribution is 5.89. The van der Waals surface area contributed by atoms with Gasteiger partial charge in [-0.3, -0.25) is 14.5 Å². The summed E-state index contributed by atoms with van der Waals surface area (Å²) in [6.45, 7) is 13.5. The number of aromatic nitrogens is 5. The number of piperazine rings is 1. The standard InChI is InChI=1S/C38H47N9O2.CH2O2/c1-26-10-12-27(13-11-26)47-36(24-33(43-47)38(2,3)4)40-37(48)39-31-15-16-32(30-9-7-6-8-29(30)31)49-28-14-17-34-41-42-35(46(34)25-28)18-19-45-22-20-44(5)21-23-45;2-1-3/h6-14,17,24-25,31-32H,15-16,18-23H2,1-5H3,(H2,39,40,48);1H,(H,2,3)/t31-,32+;/m0./s1. The summed E-state index contributed by atoms with van der Waals surface area (Å²) in [6, 6.07) is 21.9. The molecule has 1 aliphatic carbocycles. The lowest BCUT2D eigenvalue weighted by atomic mass is 9.85. The van der Waals surface area contributed by atoms with Crippen LogP contribution in [0.25, 0.3) is 11.3 Å². The van der Waals surface area contributed by atoms with Crippen molar-refractivity contribution in [3.05, 3.63) is 101 Å². The number of carbonyl (C=O) groups excluding carboxylic acids is 1. The van der Waals surface area contributed by atoms with Crippen molar-refractivity contribution >= 4 is 24.0 Å². The third kappa shape index (κ3) is 8.60. The Morgan fingerprint density at radius 3 is 2.40 bits per heavy atom. The molecule has 0 unspecified atom stereocenters. The fourth-order valence-corrected chi connectivity index (χ4v) is 6.71. The first kappa shape index (κ1) is 36.5. The van der Waals surface area contributed by atoms with Gasteiger partial charge in [0, 0.05) is 50.6 Å². The maximum Gasteiger partial charge on any atom is 0.320 e. The topological polar surface area (TPSA) is 142 Å². The molecule has 1 saturated heterocycles. The zero-order valence-electron chi connectivity index (χ0n) is 30.6. The molecule has 0 radical (unpaired) electrons. The maximum absolute atomic E-state index is 13.5. The lowest BCUT2D eigenvalue weighted by molar-refractivity contribution is -0.122. The minimum atomic E-state index is -0.268. The van der Waals surface area contributed by atoms with E-state index in [9.17, 15) is 4.79 Å². The fraction of sp³-hybridized carbons (Fsp3) is 0.410. The van der Waals surface area contributed by atoms with Crippen LogP contribution in [-0.4, -0.2) is 91.6 Å². The van der Waals surface area contributed by atoms with Crippen molar-refractivity contribution in [2.75, 3.05) is 45.1 Å². The number of fused-ring (bicyclic) bond motifs is 2. The Labute approximate surface area is 304 Å². The lowest BCUT2D eigenvalue weighted by Gasteiger charge is -2.32. The van der Waals surface area contributed by atoms with Gasteiger partial charge in [0.25, 0.3) is 6.47 Å². The number of pyridine rings is 1. The lowest BCUT2D eigenvalue weighted by Crippen LogP contribution is -2.45. The van der Waals surface area contributed by atoms with Crippen LogP contribution in [-0.2, 0) is 16.6 Å². The molecule has 1 aliphatic heterocycles. The minimum absolute atomic E-state index is 0.141. The van der Waals surface area contributed by atoms with E-state index < -0.39 is 0 Å². The molecular formula is C39H49N9O4. The molecule has 4 heterocycles. The molecule has 2 aromatic carbocycles. The number of urea groups is 1. The molecule has 2 amide bonds. The highest BCUT2D eigenvalue weighted by Gasteiger charge is 2.30. The SMILES string of the molecule is Cc1ccc(-n2nc(C(C)(C)C)cc2NC(=O)N[C@H]2CC[C@@H](Oc3ccc4nnc(CCN5CCN(C)CC5)n4c3)c3ccccc32)cc1.O=CO. The minimum Gasteiger partial charge on any atom is -0.484 e. The van der Waals surface area contributed by atoms with E-state index in [2.05, 4.69) is 81.9 Å². The number of aryl methyl sites for hydroxylation is 1. The zero-order valence-corrected chi connectivity index (χ0v) is 30.6. The van der Waals surface area contributed by atoms with E-state index in [0.29, 0.717) is 5.82 Å². The van der Waals surface area contributed by atoms with Crippen molar-refractivity contribution in [3.8, 4) is 11.4 Å². The number of ether oxygens (including phenoxy) is 1. The van der Waals surface area contributed by atoms with Gasteiger partial charge in [-0.25, -0.2) is 9.48 Å². The molecule has 2 atom stereocenters. The number of carbonyl (C=O) groups is 2. The molecular weight excluding hydrogens is 658 g/mol. The Balaban J connectivity index is 0.00000150. The average Bonchev–Trinajstić information content (AvgIpc) is 3.74. The van der Waals surface area contributed by atoms with Crippen molar-refractivity contribution < 1.29 is 19.4 Å². The fourth-order valence-electron chi connectivity index (χ4n) is 6.71. The number of carboxylic acid groups (broad SMARTS) is 1. The van der Waals surface area contributed by atoms with E-state index in [1.54, 1.807) is 0 Å². The first-order valence-corrected chi connectivity index (χ1v) is 17.9. The summed E-state index contributed by atoms with van der Waals surface area (Å²) in [7, 11) is 2.18. The highest BCUT2D eigenvalue weighted by Crippen LogP contribution is 2.39. The van der Waals surface area contributed by atoms with Crippen LogP contribution in [0, 0.1) is 6.92 Å².